The monoisotopic (exact) mass is 336 g/mol. The van der Waals surface area contributed by atoms with E-state index in [9.17, 15) is 14.7 Å². The van der Waals surface area contributed by atoms with E-state index in [1.54, 1.807) is 11.9 Å². The Morgan fingerprint density at radius 2 is 2.26 bits per heavy atom. The topological polar surface area (TPSA) is 70.1 Å². The van der Waals surface area contributed by atoms with Crippen LogP contribution in [0.2, 0.25) is 0 Å². The van der Waals surface area contributed by atoms with Gasteiger partial charge in [0.1, 0.15) is 5.70 Å². The van der Waals surface area contributed by atoms with Crippen LogP contribution in [0.25, 0.3) is 5.57 Å². The number of hydrogen-bond donors (Lipinski definition) is 1. The van der Waals surface area contributed by atoms with Crippen LogP contribution in [0.1, 0.15) is 17.7 Å². The van der Waals surface area contributed by atoms with Crippen LogP contribution in [0.4, 0.5) is 0 Å². The van der Waals surface area contributed by atoms with E-state index in [4.69, 9.17) is 4.74 Å². The van der Waals surface area contributed by atoms with Gasteiger partial charge < -0.3 is 14.7 Å². The fourth-order valence-corrected chi connectivity index (χ4v) is 3.74. The van der Waals surface area contributed by atoms with Crippen LogP contribution in [0.5, 0.6) is 0 Å². The quantitative estimate of drug-likeness (QED) is 0.783. The number of nitrogens with zero attached hydrogens (tertiary/aromatic N) is 2. The maximum atomic E-state index is 12.8. The lowest BCUT2D eigenvalue weighted by molar-refractivity contribution is -0.139. The van der Waals surface area contributed by atoms with Gasteiger partial charge in [0.2, 0.25) is 0 Å². The van der Waals surface area contributed by atoms with E-state index >= 15 is 0 Å². The molecule has 1 aromatic heterocycles. The number of carbonyl (C=O) groups excluding carboxylic acids is 2. The van der Waals surface area contributed by atoms with Crippen molar-refractivity contribution in [2.45, 2.75) is 18.9 Å². The van der Waals surface area contributed by atoms with E-state index in [1.807, 2.05) is 17.5 Å². The molecule has 1 aromatic rings. The van der Waals surface area contributed by atoms with Crippen molar-refractivity contribution < 1.29 is 19.4 Å². The largest absolute Gasteiger partial charge is 0.395 e. The molecule has 0 saturated carbocycles. The SMILES string of the molecule is CN(CCO)C1=C(c2cccs2)C(=O)N(CC2CCCO2)C1=O. The molecule has 0 bridgehead atoms. The van der Waals surface area contributed by atoms with Gasteiger partial charge in [-0.3, -0.25) is 14.5 Å². The minimum atomic E-state index is -0.301. The Morgan fingerprint density at radius 1 is 1.43 bits per heavy atom. The zero-order valence-electron chi connectivity index (χ0n) is 13.0. The molecule has 2 amide bonds. The van der Waals surface area contributed by atoms with Gasteiger partial charge in [-0.1, -0.05) is 6.07 Å². The van der Waals surface area contributed by atoms with Gasteiger partial charge in [0, 0.05) is 25.1 Å². The summed E-state index contributed by atoms with van der Waals surface area (Å²) in [6.07, 6.45) is 1.76. The van der Waals surface area contributed by atoms with Crippen molar-refractivity contribution >= 4 is 28.7 Å². The molecule has 1 atom stereocenters. The smallest absolute Gasteiger partial charge is 0.277 e. The van der Waals surface area contributed by atoms with Crippen molar-refractivity contribution in [2.24, 2.45) is 0 Å². The number of aliphatic hydroxyl groups is 1. The molecule has 7 heteroatoms. The van der Waals surface area contributed by atoms with Crippen molar-refractivity contribution in [3.8, 4) is 0 Å². The van der Waals surface area contributed by atoms with Crippen molar-refractivity contribution in [2.75, 3.05) is 33.4 Å². The molecule has 3 rings (SSSR count). The molecular formula is C16H20N2O4S. The first-order valence-corrected chi connectivity index (χ1v) is 8.59. The molecule has 1 N–H and O–H groups in total. The number of aliphatic hydroxyl groups excluding tert-OH is 1. The highest BCUT2D eigenvalue weighted by atomic mass is 32.1. The Hall–Kier alpha value is -1.70. The second kappa shape index (κ2) is 6.82. The lowest BCUT2D eigenvalue weighted by atomic mass is 10.2. The van der Waals surface area contributed by atoms with Crippen molar-refractivity contribution in [3.63, 3.8) is 0 Å². The number of amides is 2. The number of likely N-dealkylation sites (N-methyl/N-ethyl adjacent to an activating group) is 1. The van der Waals surface area contributed by atoms with Crippen LogP contribution in [0.3, 0.4) is 0 Å². The Bertz CT molecular complexity index is 620. The van der Waals surface area contributed by atoms with Crippen LogP contribution in [0.15, 0.2) is 23.2 Å². The van der Waals surface area contributed by atoms with Gasteiger partial charge in [-0.15, -0.1) is 11.3 Å². The molecule has 1 unspecified atom stereocenters. The molecule has 0 aliphatic carbocycles. The molecule has 0 radical (unpaired) electrons. The summed E-state index contributed by atoms with van der Waals surface area (Å²) in [5.74, 6) is -0.572. The van der Waals surface area contributed by atoms with E-state index in [1.165, 1.54) is 16.2 Å². The summed E-state index contributed by atoms with van der Waals surface area (Å²) in [4.78, 5) is 29.3. The van der Waals surface area contributed by atoms with E-state index in [0.29, 0.717) is 31.0 Å². The summed E-state index contributed by atoms with van der Waals surface area (Å²) < 4.78 is 5.57. The first-order chi connectivity index (χ1) is 11.1. The summed E-state index contributed by atoms with van der Waals surface area (Å²) in [6.45, 7) is 1.20. The predicted molar refractivity (Wildman–Crippen MR) is 86.6 cm³/mol. The number of hydrogen-bond acceptors (Lipinski definition) is 6. The van der Waals surface area contributed by atoms with Gasteiger partial charge in [-0.25, -0.2) is 0 Å². The average Bonchev–Trinajstić information content (AvgIpc) is 3.25. The minimum Gasteiger partial charge on any atom is -0.395 e. The Labute approximate surface area is 139 Å². The highest BCUT2D eigenvalue weighted by Crippen LogP contribution is 2.34. The lowest BCUT2D eigenvalue weighted by Gasteiger charge is -2.21. The minimum absolute atomic E-state index is 0.0741. The number of ether oxygens (including phenoxy) is 1. The molecule has 3 heterocycles. The van der Waals surface area contributed by atoms with Gasteiger partial charge in [0.05, 0.1) is 24.8 Å². The standard InChI is InChI=1S/C16H20N2O4S/c1-17(6-7-19)14-13(12-5-3-9-23-12)15(20)18(16(14)21)10-11-4-2-8-22-11/h3,5,9,11,19H,2,4,6-8,10H2,1H3. The average molecular weight is 336 g/mol. The third kappa shape index (κ3) is 3.04. The maximum absolute atomic E-state index is 12.8. The van der Waals surface area contributed by atoms with E-state index in [2.05, 4.69) is 0 Å². The Kier molecular flexibility index (Phi) is 4.79. The van der Waals surface area contributed by atoms with E-state index in [0.717, 1.165) is 17.7 Å². The lowest BCUT2D eigenvalue weighted by Crippen LogP contribution is -2.39. The van der Waals surface area contributed by atoms with Gasteiger partial charge in [-0.05, 0) is 24.3 Å². The van der Waals surface area contributed by atoms with Gasteiger partial charge in [0.15, 0.2) is 0 Å². The van der Waals surface area contributed by atoms with E-state index in [-0.39, 0.29) is 24.5 Å². The molecule has 1 saturated heterocycles. The molecule has 2 aliphatic heterocycles. The molecule has 2 aliphatic rings. The van der Waals surface area contributed by atoms with Crippen LogP contribution in [-0.4, -0.2) is 66.2 Å². The summed E-state index contributed by atoms with van der Waals surface area (Å²) in [5.41, 5.74) is 0.795. The molecule has 1 fully saturated rings. The molecule has 0 spiro atoms. The fraction of sp³-hybridized carbons (Fsp3) is 0.500. The zero-order valence-corrected chi connectivity index (χ0v) is 13.8. The molecular weight excluding hydrogens is 316 g/mol. The van der Waals surface area contributed by atoms with Crippen LogP contribution >= 0.6 is 11.3 Å². The summed E-state index contributed by atoms with van der Waals surface area (Å²) >= 11 is 1.43. The van der Waals surface area contributed by atoms with Crippen LogP contribution < -0.4 is 0 Å². The highest BCUT2D eigenvalue weighted by molar-refractivity contribution is 7.11. The second-order valence-electron chi connectivity index (χ2n) is 5.70. The Morgan fingerprint density at radius 3 is 2.87 bits per heavy atom. The molecule has 6 nitrogen and oxygen atoms in total. The second-order valence-corrected chi connectivity index (χ2v) is 6.65. The van der Waals surface area contributed by atoms with Gasteiger partial charge in [0.25, 0.3) is 11.8 Å². The van der Waals surface area contributed by atoms with Crippen molar-refractivity contribution in [3.05, 3.63) is 28.1 Å². The summed E-state index contributed by atoms with van der Waals surface area (Å²) in [5, 5.41) is 11.1. The summed E-state index contributed by atoms with van der Waals surface area (Å²) in [7, 11) is 1.72. The maximum Gasteiger partial charge on any atom is 0.277 e. The van der Waals surface area contributed by atoms with Gasteiger partial charge in [-0.2, -0.15) is 0 Å². The molecule has 124 valence electrons. The van der Waals surface area contributed by atoms with Crippen LogP contribution in [-0.2, 0) is 14.3 Å². The number of thiophene rings is 1. The Balaban J connectivity index is 1.92. The third-order valence-electron chi connectivity index (χ3n) is 4.14. The zero-order chi connectivity index (χ0) is 16.4. The first-order valence-electron chi connectivity index (χ1n) is 7.71. The molecule has 23 heavy (non-hydrogen) atoms. The van der Waals surface area contributed by atoms with Crippen LogP contribution in [0, 0.1) is 0 Å². The van der Waals surface area contributed by atoms with E-state index < -0.39 is 0 Å². The number of imide groups is 1. The van der Waals surface area contributed by atoms with Crippen molar-refractivity contribution in [1.82, 2.24) is 9.80 Å². The van der Waals surface area contributed by atoms with Crippen molar-refractivity contribution in [1.29, 1.82) is 0 Å². The summed E-state index contributed by atoms with van der Waals surface area (Å²) in [6, 6.07) is 3.70. The first kappa shape index (κ1) is 16.2. The fourth-order valence-electron chi connectivity index (χ4n) is 2.98. The number of carbonyl (C=O) groups is 2. The molecule has 0 aromatic carbocycles. The predicted octanol–water partition coefficient (Wildman–Crippen LogP) is 0.931. The number of rotatable bonds is 6. The van der Waals surface area contributed by atoms with Gasteiger partial charge >= 0.3 is 0 Å². The third-order valence-corrected chi connectivity index (χ3v) is 5.03. The normalized spacial score (nSPS) is 21.7. The highest BCUT2D eigenvalue weighted by Gasteiger charge is 2.42.